The van der Waals surface area contributed by atoms with Crippen molar-refractivity contribution in [1.82, 2.24) is 14.5 Å². The van der Waals surface area contributed by atoms with Gasteiger partial charge in [0, 0.05) is 36.1 Å². The van der Waals surface area contributed by atoms with Crippen molar-refractivity contribution in [3.63, 3.8) is 0 Å². The highest BCUT2D eigenvalue weighted by Gasteiger charge is 2.09. The lowest BCUT2D eigenvalue weighted by molar-refractivity contribution is -0.114. The zero-order valence-corrected chi connectivity index (χ0v) is 15.4. The highest BCUT2D eigenvalue weighted by molar-refractivity contribution is 7.98. The Bertz CT molecular complexity index is 849. The maximum atomic E-state index is 11.1. The summed E-state index contributed by atoms with van der Waals surface area (Å²) in [5.41, 5.74) is 4.51. The lowest BCUT2D eigenvalue weighted by atomic mass is 10.1. The summed E-state index contributed by atoms with van der Waals surface area (Å²) in [4.78, 5) is 19.9. The largest absolute Gasteiger partial charge is 0.302 e. The molecule has 0 aliphatic heterocycles. The van der Waals surface area contributed by atoms with Crippen LogP contribution in [0.25, 0.3) is 5.69 Å². The number of carbonyl (C=O) groups is 1. The zero-order chi connectivity index (χ0) is 17.1. The Labute approximate surface area is 149 Å². The molecule has 0 atom stereocenters. The Kier molecular flexibility index (Phi) is 5.01. The Balaban J connectivity index is 1.74. The second-order valence-electron chi connectivity index (χ2n) is 5.54. The summed E-state index contributed by atoms with van der Waals surface area (Å²) >= 11 is 3.06. The van der Waals surface area contributed by atoms with Crippen LogP contribution in [-0.4, -0.2) is 20.4 Å². The number of thiazole rings is 1. The molecule has 0 radical (unpaired) electrons. The van der Waals surface area contributed by atoms with Gasteiger partial charge in [-0.3, -0.25) is 9.36 Å². The Morgan fingerprint density at radius 2 is 2.04 bits per heavy atom. The standard InChI is InChI=1S/C17H18N4OS2/c1-11-6-12(2)8-15(7-11)21-5-4-18-17(21)24-10-14-9-23-16(20-14)19-13(3)22/h4-9H,10H2,1-3H3,(H,19,20,22). The maximum Gasteiger partial charge on any atom is 0.223 e. The van der Waals surface area contributed by atoms with E-state index in [-0.39, 0.29) is 5.91 Å². The zero-order valence-electron chi connectivity index (χ0n) is 13.7. The van der Waals surface area contributed by atoms with E-state index in [9.17, 15) is 4.79 Å². The second-order valence-corrected chi connectivity index (χ2v) is 7.34. The average Bonchev–Trinajstić information content (AvgIpc) is 3.12. The van der Waals surface area contributed by atoms with Crippen molar-refractivity contribution in [2.24, 2.45) is 0 Å². The molecule has 1 aromatic carbocycles. The van der Waals surface area contributed by atoms with Gasteiger partial charge in [-0.25, -0.2) is 9.97 Å². The van der Waals surface area contributed by atoms with Crippen LogP contribution in [0, 0.1) is 13.8 Å². The average molecular weight is 358 g/mol. The van der Waals surface area contributed by atoms with Gasteiger partial charge in [-0.15, -0.1) is 11.3 Å². The van der Waals surface area contributed by atoms with E-state index < -0.39 is 0 Å². The number of rotatable bonds is 5. The third-order valence-corrected chi connectivity index (χ3v) is 5.08. The van der Waals surface area contributed by atoms with E-state index in [0.717, 1.165) is 16.5 Å². The van der Waals surface area contributed by atoms with Gasteiger partial charge in [0.1, 0.15) is 0 Å². The Morgan fingerprint density at radius 1 is 1.29 bits per heavy atom. The van der Waals surface area contributed by atoms with Crippen LogP contribution in [0.4, 0.5) is 5.13 Å². The van der Waals surface area contributed by atoms with Gasteiger partial charge in [-0.05, 0) is 37.1 Å². The van der Waals surface area contributed by atoms with Crippen molar-refractivity contribution < 1.29 is 4.79 Å². The molecular weight excluding hydrogens is 340 g/mol. The molecule has 0 aliphatic rings. The third kappa shape index (κ3) is 4.04. The number of nitrogens with one attached hydrogen (secondary N) is 1. The molecule has 1 amide bonds. The minimum atomic E-state index is -0.103. The van der Waals surface area contributed by atoms with Crippen LogP contribution in [0.2, 0.25) is 0 Å². The van der Waals surface area contributed by atoms with Gasteiger partial charge < -0.3 is 5.32 Å². The summed E-state index contributed by atoms with van der Waals surface area (Å²) in [6.45, 7) is 5.68. The predicted octanol–water partition coefficient (Wildman–Crippen LogP) is 4.20. The second kappa shape index (κ2) is 7.19. The van der Waals surface area contributed by atoms with Gasteiger partial charge in [0.15, 0.2) is 10.3 Å². The third-order valence-electron chi connectivity index (χ3n) is 3.28. The van der Waals surface area contributed by atoms with Gasteiger partial charge in [-0.2, -0.15) is 0 Å². The molecular formula is C17H18N4OS2. The van der Waals surface area contributed by atoms with Crippen LogP contribution in [0.15, 0.2) is 41.1 Å². The SMILES string of the molecule is CC(=O)Nc1nc(CSc2nccn2-c2cc(C)cc(C)c2)cs1. The molecule has 24 heavy (non-hydrogen) atoms. The fraction of sp³-hybridized carbons (Fsp3) is 0.235. The molecule has 3 aromatic rings. The first-order valence-electron chi connectivity index (χ1n) is 7.48. The molecule has 0 spiro atoms. The van der Waals surface area contributed by atoms with Gasteiger partial charge in [0.2, 0.25) is 5.91 Å². The monoisotopic (exact) mass is 358 g/mol. The van der Waals surface area contributed by atoms with Gasteiger partial charge in [0.05, 0.1) is 5.69 Å². The molecule has 5 nitrogen and oxygen atoms in total. The van der Waals surface area contributed by atoms with Crippen LogP contribution in [-0.2, 0) is 10.5 Å². The molecule has 1 N–H and O–H groups in total. The quantitative estimate of drug-likeness (QED) is 0.695. The van der Waals surface area contributed by atoms with E-state index in [1.54, 1.807) is 11.8 Å². The summed E-state index contributed by atoms with van der Waals surface area (Å²) in [6.07, 6.45) is 3.78. The Hall–Kier alpha value is -2.12. The first-order chi connectivity index (χ1) is 11.5. The highest BCUT2D eigenvalue weighted by atomic mass is 32.2. The van der Waals surface area contributed by atoms with E-state index in [2.05, 4.69) is 51.9 Å². The van der Waals surface area contributed by atoms with E-state index in [1.807, 2.05) is 17.8 Å². The van der Waals surface area contributed by atoms with E-state index in [4.69, 9.17) is 0 Å². The van der Waals surface area contributed by atoms with Crippen molar-refractivity contribution in [3.8, 4) is 5.69 Å². The van der Waals surface area contributed by atoms with Crippen LogP contribution in [0.5, 0.6) is 0 Å². The molecule has 0 aliphatic carbocycles. The van der Waals surface area contributed by atoms with Crippen molar-refractivity contribution in [2.75, 3.05) is 5.32 Å². The summed E-state index contributed by atoms with van der Waals surface area (Å²) in [5.74, 6) is 0.603. The summed E-state index contributed by atoms with van der Waals surface area (Å²) < 4.78 is 2.09. The minimum absolute atomic E-state index is 0.103. The van der Waals surface area contributed by atoms with Crippen molar-refractivity contribution >= 4 is 34.1 Å². The minimum Gasteiger partial charge on any atom is -0.302 e. The molecule has 2 aromatic heterocycles. The van der Waals surface area contributed by atoms with Crippen molar-refractivity contribution in [1.29, 1.82) is 0 Å². The molecule has 0 saturated carbocycles. The molecule has 3 rings (SSSR count). The fourth-order valence-corrected chi connectivity index (χ4v) is 4.13. The number of aromatic nitrogens is 3. The number of aryl methyl sites for hydroxylation is 2. The van der Waals surface area contributed by atoms with Crippen LogP contribution in [0.3, 0.4) is 0 Å². The fourth-order valence-electron chi connectivity index (χ4n) is 2.40. The number of hydrogen-bond acceptors (Lipinski definition) is 5. The number of thioether (sulfide) groups is 1. The van der Waals surface area contributed by atoms with Gasteiger partial charge in [0.25, 0.3) is 0 Å². The van der Waals surface area contributed by atoms with Gasteiger partial charge >= 0.3 is 0 Å². The summed E-state index contributed by atoms with van der Waals surface area (Å²) in [7, 11) is 0. The maximum absolute atomic E-state index is 11.1. The summed E-state index contributed by atoms with van der Waals surface area (Å²) in [5, 5.41) is 6.23. The number of hydrogen-bond donors (Lipinski definition) is 1. The van der Waals surface area contributed by atoms with Crippen LogP contribution >= 0.6 is 23.1 Å². The number of nitrogens with zero attached hydrogens (tertiary/aromatic N) is 3. The Morgan fingerprint density at radius 3 is 2.75 bits per heavy atom. The molecule has 124 valence electrons. The van der Waals surface area contributed by atoms with E-state index in [0.29, 0.717) is 10.9 Å². The molecule has 0 saturated heterocycles. The molecule has 0 unspecified atom stereocenters. The van der Waals surface area contributed by atoms with E-state index >= 15 is 0 Å². The number of benzene rings is 1. The number of amides is 1. The normalized spacial score (nSPS) is 10.8. The van der Waals surface area contributed by atoms with Crippen LogP contribution < -0.4 is 5.32 Å². The highest BCUT2D eigenvalue weighted by Crippen LogP contribution is 2.26. The predicted molar refractivity (Wildman–Crippen MR) is 99.0 cm³/mol. The lowest BCUT2D eigenvalue weighted by Gasteiger charge is -2.09. The van der Waals surface area contributed by atoms with Crippen molar-refractivity contribution in [2.45, 2.75) is 31.7 Å². The molecule has 0 bridgehead atoms. The topological polar surface area (TPSA) is 59.8 Å². The lowest BCUT2D eigenvalue weighted by Crippen LogP contribution is -2.05. The van der Waals surface area contributed by atoms with Gasteiger partial charge in [-0.1, -0.05) is 17.8 Å². The smallest absolute Gasteiger partial charge is 0.223 e. The number of carbonyl (C=O) groups excluding carboxylic acids is 1. The number of anilines is 1. The first-order valence-corrected chi connectivity index (χ1v) is 9.34. The first kappa shape index (κ1) is 16.7. The molecule has 0 fully saturated rings. The van der Waals surface area contributed by atoms with Crippen LogP contribution in [0.1, 0.15) is 23.7 Å². The van der Waals surface area contributed by atoms with E-state index in [1.165, 1.54) is 29.4 Å². The van der Waals surface area contributed by atoms with Crippen molar-refractivity contribution in [3.05, 3.63) is 52.8 Å². The molecule has 2 heterocycles. The molecule has 7 heteroatoms. The number of imidazole rings is 1. The summed E-state index contributed by atoms with van der Waals surface area (Å²) in [6, 6.07) is 6.46.